The molecule has 0 aliphatic carbocycles. The number of hydrogen-bond acceptors (Lipinski definition) is 5. The van der Waals surface area contributed by atoms with Crippen LogP contribution in [0.25, 0.3) is 0 Å². The van der Waals surface area contributed by atoms with Crippen molar-refractivity contribution in [3.8, 4) is 0 Å². The molecule has 1 aromatic rings. The third-order valence-electron chi connectivity index (χ3n) is 2.36. The van der Waals surface area contributed by atoms with Gasteiger partial charge in [-0.05, 0) is 20.4 Å². The molecule has 6 heteroatoms. The Morgan fingerprint density at radius 3 is 3.00 bits per heavy atom. The lowest BCUT2D eigenvalue weighted by Gasteiger charge is -2.14. The van der Waals surface area contributed by atoms with E-state index in [0.29, 0.717) is 26.2 Å². The van der Waals surface area contributed by atoms with Crippen LogP contribution in [0.15, 0.2) is 10.6 Å². The van der Waals surface area contributed by atoms with Gasteiger partial charge < -0.3 is 14.6 Å². The highest BCUT2D eigenvalue weighted by Gasteiger charge is 2.09. The summed E-state index contributed by atoms with van der Waals surface area (Å²) in [6.07, 6.45) is 0.827. The van der Waals surface area contributed by atoms with E-state index in [2.05, 4.69) is 10.5 Å². The van der Waals surface area contributed by atoms with E-state index in [1.807, 2.05) is 24.9 Å². The van der Waals surface area contributed by atoms with E-state index in [-0.39, 0.29) is 5.91 Å². The quantitative estimate of drug-likeness (QED) is 0.688. The molecule has 0 aliphatic heterocycles. The lowest BCUT2D eigenvalue weighted by Crippen LogP contribution is -2.35. The monoisotopic (exact) mass is 255 g/mol. The van der Waals surface area contributed by atoms with Crippen LogP contribution >= 0.6 is 0 Å². The van der Waals surface area contributed by atoms with Gasteiger partial charge in [-0.15, -0.1) is 0 Å². The molecule has 0 spiro atoms. The van der Waals surface area contributed by atoms with Gasteiger partial charge >= 0.3 is 0 Å². The molecule has 1 N–H and O–H groups in total. The van der Waals surface area contributed by atoms with Gasteiger partial charge in [0.1, 0.15) is 0 Å². The molecular weight excluding hydrogens is 234 g/mol. The van der Waals surface area contributed by atoms with Crippen LogP contribution in [-0.4, -0.2) is 49.8 Å². The standard InChI is InChI=1S/C12H21N3O3/c1-10-7-11(18-14-10)8-15(2)9-12(16)13-5-4-6-17-3/h7H,4-6,8-9H2,1-3H3,(H,13,16). The third kappa shape index (κ3) is 5.79. The van der Waals surface area contributed by atoms with Crippen LogP contribution in [0.1, 0.15) is 17.9 Å². The number of likely N-dealkylation sites (N-methyl/N-ethyl adjacent to an activating group) is 1. The number of rotatable bonds is 8. The highest BCUT2D eigenvalue weighted by atomic mass is 16.5. The zero-order valence-corrected chi connectivity index (χ0v) is 11.2. The van der Waals surface area contributed by atoms with E-state index in [1.54, 1.807) is 7.11 Å². The largest absolute Gasteiger partial charge is 0.385 e. The van der Waals surface area contributed by atoms with Gasteiger partial charge in [0.05, 0.1) is 18.8 Å². The zero-order valence-electron chi connectivity index (χ0n) is 11.2. The van der Waals surface area contributed by atoms with Crippen LogP contribution in [-0.2, 0) is 16.1 Å². The number of amides is 1. The molecular formula is C12H21N3O3. The topological polar surface area (TPSA) is 67.6 Å². The summed E-state index contributed by atoms with van der Waals surface area (Å²) in [6.45, 7) is 4.09. The van der Waals surface area contributed by atoms with Gasteiger partial charge in [0.2, 0.25) is 5.91 Å². The van der Waals surface area contributed by atoms with Crippen LogP contribution in [0.3, 0.4) is 0 Å². The molecule has 0 aromatic carbocycles. The summed E-state index contributed by atoms with van der Waals surface area (Å²) >= 11 is 0. The summed E-state index contributed by atoms with van der Waals surface area (Å²) in [5.74, 6) is 0.770. The molecule has 1 aromatic heterocycles. The predicted molar refractivity (Wildman–Crippen MR) is 67.1 cm³/mol. The van der Waals surface area contributed by atoms with Crippen LogP contribution in [0.4, 0.5) is 0 Å². The van der Waals surface area contributed by atoms with E-state index in [1.165, 1.54) is 0 Å². The SMILES string of the molecule is COCCCNC(=O)CN(C)Cc1cc(C)no1. The zero-order chi connectivity index (χ0) is 13.4. The van der Waals surface area contributed by atoms with Gasteiger partial charge in [0.25, 0.3) is 0 Å². The van der Waals surface area contributed by atoms with Crippen molar-refractivity contribution >= 4 is 5.91 Å². The van der Waals surface area contributed by atoms with Crippen molar-refractivity contribution in [2.45, 2.75) is 19.9 Å². The molecule has 0 saturated heterocycles. The van der Waals surface area contributed by atoms with E-state index in [9.17, 15) is 4.79 Å². The van der Waals surface area contributed by atoms with Crippen LogP contribution < -0.4 is 5.32 Å². The molecule has 0 fully saturated rings. The second-order valence-electron chi connectivity index (χ2n) is 4.30. The average Bonchev–Trinajstić information content (AvgIpc) is 2.70. The fourth-order valence-corrected chi connectivity index (χ4v) is 1.56. The minimum atomic E-state index is 0.00448. The van der Waals surface area contributed by atoms with Crippen molar-refractivity contribution in [1.82, 2.24) is 15.4 Å². The van der Waals surface area contributed by atoms with Gasteiger partial charge in [-0.25, -0.2) is 0 Å². The van der Waals surface area contributed by atoms with Gasteiger partial charge in [-0.2, -0.15) is 0 Å². The Labute approximate surface area is 107 Å². The summed E-state index contributed by atoms with van der Waals surface area (Å²) in [5, 5.41) is 6.64. The van der Waals surface area contributed by atoms with Crippen molar-refractivity contribution < 1.29 is 14.1 Å². The van der Waals surface area contributed by atoms with Crippen LogP contribution in [0, 0.1) is 6.92 Å². The Balaban J connectivity index is 2.19. The third-order valence-corrected chi connectivity index (χ3v) is 2.36. The number of nitrogens with zero attached hydrogens (tertiary/aromatic N) is 2. The normalized spacial score (nSPS) is 10.9. The van der Waals surface area contributed by atoms with E-state index in [4.69, 9.17) is 9.26 Å². The molecule has 0 bridgehead atoms. The second-order valence-corrected chi connectivity index (χ2v) is 4.30. The minimum Gasteiger partial charge on any atom is -0.385 e. The van der Waals surface area contributed by atoms with Crippen molar-refractivity contribution in [1.29, 1.82) is 0 Å². The lowest BCUT2D eigenvalue weighted by atomic mass is 10.3. The summed E-state index contributed by atoms with van der Waals surface area (Å²) in [6, 6.07) is 1.87. The van der Waals surface area contributed by atoms with Gasteiger partial charge in [0.15, 0.2) is 5.76 Å². The molecule has 0 atom stereocenters. The summed E-state index contributed by atoms with van der Waals surface area (Å²) < 4.78 is 9.99. The Morgan fingerprint density at radius 1 is 1.61 bits per heavy atom. The summed E-state index contributed by atoms with van der Waals surface area (Å²) in [7, 11) is 3.52. The first-order valence-corrected chi connectivity index (χ1v) is 5.98. The fraction of sp³-hybridized carbons (Fsp3) is 0.667. The number of carbonyl (C=O) groups excluding carboxylic acids is 1. The number of nitrogens with one attached hydrogen (secondary N) is 1. The van der Waals surface area contributed by atoms with Gasteiger partial charge in [-0.3, -0.25) is 9.69 Å². The molecule has 0 aliphatic rings. The number of hydrogen-bond donors (Lipinski definition) is 1. The maximum Gasteiger partial charge on any atom is 0.234 e. The average molecular weight is 255 g/mol. The van der Waals surface area contributed by atoms with Crippen molar-refractivity contribution in [2.75, 3.05) is 33.9 Å². The fourth-order valence-electron chi connectivity index (χ4n) is 1.56. The molecule has 18 heavy (non-hydrogen) atoms. The first-order chi connectivity index (χ1) is 8.61. The number of aromatic nitrogens is 1. The molecule has 0 radical (unpaired) electrons. The molecule has 6 nitrogen and oxygen atoms in total. The first-order valence-electron chi connectivity index (χ1n) is 5.98. The lowest BCUT2D eigenvalue weighted by molar-refractivity contribution is -0.122. The minimum absolute atomic E-state index is 0.00448. The molecule has 1 heterocycles. The smallest absolute Gasteiger partial charge is 0.234 e. The number of aryl methyl sites for hydroxylation is 1. The summed E-state index contributed by atoms with van der Waals surface area (Å²) in [5.41, 5.74) is 0.849. The van der Waals surface area contributed by atoms with Crippen molar-refractivity contribution in [2.24, 2.45) is 0 Å². The molecule has 0 unspecified atom stereocenters. The Morgan fingerprint density at radius 2 is 2.39 bits per heavy atom. The second kappa shape index (κ2) is 7.84. The van der Waals surface area contributed by atoms with E-state index in [0.717, 1.165) is 17.9 Å². The number of ether oxygens (including phenoxy) is 1. The highest BCUT2D eigenvalue weighted by molar-refractivity contribution is 5.77. The molecule has 0 saturated carbocycles. The Hall–Kier alpha value is -1.40. The number of carbonyl (C=O) groups is 1. The Bertz CT molecular complexity index is 365. The molecule has 1 amide bonds. The van der Waals surface area contributed by atoms with Crippen LogP contribution in [0.2, 0.25) is 0 Å². The Kier molecular flexibility index (Phi) is 6.38. The number of methoxy groups -OCH3 is 1. The molecule has 102 valence electrons. The van der Waals surface area contributed by atoms with E-state index < -0.39 is 0 Å². The molecule has 1 rings (SSSR count). The van der Waals surface area contributed by atoms with Gasteiger partial charge in [0, 0.05) is 26.3 Å². The van der Waals surface area contributed by atoms with E-state index >= 15 is 0 Å². The summed E-state index contributed by atoms with van der Waals surface area (Å²) in [4.78, 5) is 13.5. The van der Waals surface area contributed by atoms with Crippen molar-refractivity contribution in [3.05, 3.63) is 17.5 Å². The maximum absolute atomic E-state index is 11.6. The predicted octanol–water partition coefficient (Wildman–Crippen LogP) is 0.568. The van der Waals surface area contributed by atoms with Gasteiger partial charge in [-0.1, -0.05) is 5.16 Å². The highest BCUT2D eigenvalue weighted by Crippen LogP contribution is 2.04. The first kappa shape index (κ1) is 14.7. The van der Waals surface area contributed by atoms with Crippen LogP contribution in [0.5, 0.6) is 0 Å². The van der Waals surface area contributed by atoms with Crippen molar-refractivity contribution in [3.63, 3.8) is 0 Å². The maximum atomic E-state index is 11.6.